The predicted molar refractivity (Wildman–Crippen MR) is 211 cm³/mol. The van der Waals surface area contributed by atoms with Crippen molar-refractivity contribution < 1.29 is 38.4 Å². The summed E-state index contributed by atoms with van der Waals surface area (Å²) in [5.74, 6) is 0.621. The lowest BCUT2D eigenvalue weighted by atomic mass is 9.96. The van der Waals surface area contributed by atoms with Gasteiger partial charge < -0.3 is 34.7 Å². The van der Waals surface area contributed by atoms with E-state index < -0.39 is 30.2 Å². The van der Waals surface area contributed by atoms with Gasteiger partial charge in [0.05, 0.1) is 32.9 Å². The Hall–Kier alpha value is -6.33. The highest BCUT2D eigenvalue weighted by atomic mass is 16.6. The maximum absolute atomic E-state index is 14.2. The second-order valence-corrected chi connectivity index (χ2v) is 14.0. The van der Waals surface area contributed by atoms with Crippen LogP contribution in [0.1, 0.15) is 51.8 Å². The summed E-state index contributed by atoms with van der Waals surface area (Å²) in [6, 6.07) is 34.7. The summed E-state index contributed by atoms with van der Waals surface area (Å²) >= 11 is 0. The van der Waals surface area contributed by atoms with Crippen LogP contribution in [-0.4, -0.2) is 74.0 Å². The van der Waals surface area contributed by atoms with E-state index >= 15 is 0 Å². The quantitative estimate of drug-likeness (QED) is 0.128. The van der Waals surface area contributed by atoms with Crippen molar-refractivity contribution in [2.24, 2.45) is 0 Å². The molecule has 11 heteroatoms. The van der Waals surface area contributed by atoms with Crippen LogP contribution in [0.25, 0.3) is 11.1 Å². The topological polar surface area (TPSA) is 136 Å². The number of hydrogen-bond donors (Lipinski definition) is 3. The molecule has 0 saturated carbocycles. The third-order valence-corrected chi connectivity index (χ3v) is 10.4. The Balaban J connectivity index is 1.05. The SMILES string of the molecule is COc1ccc(C(NC(=O)[C@@H]2C[C@@H](O)CN2C(=O)OCC2c3ccccc3-c3ccccc32)c2ccc(OCC(=O)NCc3ccc(C)cc3)cc2)c(OC)c1. The summed E-state index contributed by atoms with van der Waals surface area (Å²) in [7, 11) is 3.09. The Kier molecular flexibility index (Phi) is 11.5. The van der Waals surface area contributed by atoms with Crippen molar-refractivity contribution in [3.8, 4) is 28.4 Å². The molecule has 1 unspecified atom stereocenters. The maximum atomic E-state index is 14.2. The summed E-state index contributed by atoms with van der Waals surface area (Å²) < 4.78 is 22.8. The molecule has 7 rings (SSSR count). The minimum absolute atomic E-state index is 0.0429. The molecule has 0 bridgehead atoms. The second-order valence-electron chi connectivity index (χ2n) is 14.0. The highest BCUT2D eigenvalue weighted by molar-refractivity contribution is 5.87. The third-order valence-electron chi connectivity index (χ3n) is 10.4. The molecule has 5 aromatic rings. The molecule has 1 aliphatic carbocycles. The van der Waals surface area contributed by atoms with E-state index in [2.05, 4.69) is 22.8 Å². The molecule has 2 aliphatic rings. The van der Waals surface area contributed by atoms with E-state index in [9.17, 15) is 19.5 Å². The Morgan fingerprint density at radius 1 is 0.821 bits per heavy atom. The molecule has 3 N–H and O–H groups in total. The fourth-order valence-corrected chi connectivity index (χ4v) is 7.44. The summed E-state index contributed by atoms with van der Waals surface area (Å²) in [4.78, 5) is 41.7. The number of fused-ring (bicyclic) bond motifs is 3. The van der Waals surface area contributed by atoms with Crippen LogP contribution < -0.4 is 24.8 Å². The second kappa shape index (κ2) is 17.0. The van der Waals surface area contributed by atoms with Crippen molar-refractivity contribution >= 4 is 17.9 Å². The number of benzene rings is 5. The lowest BCUT2D eigenvalue weighted by molar-refractivity contribution is -0.125. The lowest BCUT2D eigenvalue weighted by Gasteiger charge is -2.28. The molecule has 3 amide bonds. The molecule has 1 heterocycles. The average Bonchev–Trinajstić information content (AvgIpc) is 3.78. The van der Waals surface area contributed by atoms with Crippen LogP contribution in [-0.2, 0) is 20.9 Å². The Labute approximate surface area is 326 Å². The van der Waals surface area contributed by atoms with Gasteiger partial charge in [-0.05, 0) is 64.6 Å². The van der Waals surface area contributed by atoms with Gasteiger partial charge in [-0.2, -0.15) is 0 Å². The molecular weight excluding hydrogens is 711 g/mol. The van der Waals surface area contributed by atoms with Crippen molar-refractivity contribution in [3.05, 3.63) is 149 Å². The van der Waals surface area contributed by atoms with E-state index in [-0.39, 0.29) is 38.0 Å². The number of aliphatic hydroxyl groups excluding tert-OH is 1. The number of carbonyl (C=O) groups excluding carboxylic acids is 3. The molecule has 11 nitrogen and oxygen atoms in total. The number of aliphatic hydroxyl groups is 1. The monoisotopic (exact) mass is 755 g/mol. The number of aryl methyl sites for hydroxylation is 1. The Morgan fingerprint density at radius 2 is 1.48 bits per heavy atom. The smallest absolute Gasteiger partial charge is 0.410 e. The Morgan fingerprint density at radius 3 is 2.14 bits per heavy atom. The van der Waals surface area contributed by atoms with Crippen LogP contribution >= 0.6 is 0 Å². The number of nitrogens with one attached hydrogen (secondary N) is 2. The maximum Gasteiger partial charge on any atom is 0.410 e. The van der Waals surface area contributed by atoms with Gasteiger partial charge in [-0.25, -0.2) is 4.79 Å². The minimum Gasteiger partial charge on any atom is -0.497 e. The number of methoxy groups -OCH3 is 2. The fourth-order valence-electron chi connectivity index (χ4n) is 7.44. The van der Waals surface area contributed by atoms with Gasteiger partial charge >= 0.3 is 6.09 Å². The molecule has 3 atom stereocenters. The summed E-state index contributed by atoms with van der Waals surface area (Å²) in [6.45, 7) is 2.27. The molecule has 0 aromatic heterocycles. The molecule has 1 saturated heterocycles. The zero-order valence-electron chi connectivity index (χ0n) is 31.6. The fraction of sp³-hybridized carbons (Fsp3) is 0.267. The van der Waals surface area contributed by atoms with E-state index in [0.29, 0.717) is 34.9 Å². The molecule has 288 valence electrons. The first kappa shape index (κ1) is 38.0. The third kappa shape index (κ3) is 8.33. The van der Waals surface area contributed by atoms with Crippen LogP contribution in [0.2, 0.25) is 0 Å². The molecule has 0 radical (unpaired) electrons. The number of β-amino-alcohol motifs (C(OH)–C–C–N with tert-alkyl or cyclic N) is 1. The number of hydrogen-bond acceptors (Lipinski definition) is 8. The summed E-state index contributed by atoms with van der Waals surface area (Å²) in [5.41, 5.74) is 7.82. The van der Waals surface area contributed by atoms with Crippen molar-refractivity contribution in [1.29, 1.82) is 0 Å². The van der Waals surface area contributed by atoms with Gasteiger partial charge in [0.1, 0.15) is 29.9 Å². The molecule has 5 aromatic carbocycles. The van der Waals surface area contributed by atoms with Crippen LogP contribution in [0.5, 0.6) is 17.2 Å². The Bertz CT molecular complexity index is 2140. The van der Waals surface area contributed by atoms with Gasteiger partial charge in [0.15, 0.2) is 6.61 Å². The van der Waals surface area contributed by atoms with Crippen molar-refractivity contribution in [1.82, 2.24) is 15.5 Å². The van der Waals surface area contributed by atoms with E-state index in [1.54, 1.807) is 49.6 Å². The first-order valence-corrected chi connectivity index (χ1v) is 18.6. The van der Waals surface area contributed by atoms with Gasteiger partial charge in [0, 0.05) is 30.5 Å². The number of nitrogens with zero attached hydrogens (tertiary/aromatic N) is 1. The van der Waals surface area contributed by atoms with Crippen LogP contribution in [0, 0.1) is 6.92 Å². The predicted octanol–water partition coefficient (Wildman–Crippen LogP) is 6.30. The van der Waals surface area contributed by atoms with Gasteiger partial charge in [-0.3, -0.25) is 14.5 Å². The lowest BCUT2D eigenvalue weighted by Crippen LogP contribution is -2.47. The first-order chi connectivity index (χ1) is 27.2. The van der Waals surface area contributed by atoms with Crippen molar-refractivity contribution in [2.45, 2.75) is 44.0 Å². The average molecular weight is 756 g/mol. The normalized spacial score (nSPS) is 16.3. The van der Waals surface area contributed by atoms with Gasteiger partial charge in [0.25, 0.3) is 5.91 Å². The number of ether oxygens (including phenoxy) is 4. The van der Waals surface area contributed by atoms with Gasteiger partial charge in [-0.1, -0.05) is 90.5 Å². The number of amides is 3. The summed E-state index contributed by atoms with van der Waals surface area (Å²) in [5, 5.41) is 16.7. The largest absolute Gasteiger partial charge is 0.497 e. The molecular formula is C45H45N3O8. The van der Waals surface area contributed by atoms with Crippen LogP contribution in [0.3, 0.4) is 0 Å². The van der Waals surface area contributed by atoms with E-state index in [4.69, 9.17) is 18.9 Å². The van der Waals surface area contributed by atoms with E-state index in [1.807, 2.05) is 67.6 Å². The molecule has 56 heavy (non-hydrogen) atoms. The van der Waals surface area contributed by atoms with Crippen molar-refractivity contribution in [3.63, 3.8) is 0 Å². The molecule has 1 fully saturated rings. The number of rotatable bonds is 13. The molecule has 1 aliphatic heterocycles. The van der Waals surface area contributed by atoms with Gasteiger partial charge in [-0.15, -0.1) is 0 Å². The first-order valence-electron chi connectivity index (χ1n) is 18.6. The van der Waals surface area contributed by atoms with Crippen LogP contribution in [0.4, 0.5) is 4.79 Å². The van der Waals surface area contributed by atoms with Crippen molar-refractivity contribution in [2.75, 3.05) is 34.0 Å². The molecule has 0 spiro atoms. The summed E-state index contributed by atoms with van der Waals surface area (Å²) in [6.07, 6.45) is -1.54. The van der Waals surface area contributed by atoms with E-state index in [0.717, 1.165) is 33.4 Å². The number of likely N-dealkylation sites (tertiary alicyclic amines) is 1. The highest BCUT2D eigenvalue weighted by Gasteiger charge is 2.41. The zero-order valence-corrected chi connectivity index (χ0v) is 31.6. The number of carbonyl (C=O) groups is 3. The van der Waals surface area contributed by atoms with Crippen LogP contribution in [0.15, 0.2) is 115 Å². The standard InChI is InChI=1S/C45H45N3O8/c1-28-12-14-29(15-13-28)24-46-42(50)27-55-32-18-16-30(17-19-32)43(38-21-20-33(53-2)23-41(38)54-3)47-44(51)40-22-31(49)25-48(40)45(52)56-26-39-36-10-6-4-8-34(36)35-9-5-7-11-37(35)39/h4-21,23,31,39-40,43,49H,22,24-27H2,1-3H3,(H,46,50)(H,47,51)/t31-,40+,43?/m1/s1. The minimum atomic E-state index is -0.992. The van der Waals surface area contributed by atoms with E-state index in [1.165, 1.54) is 12.0 Å². The zero-order chi connectivity index (χ0) is 39.2. The highest BCUT2D eigenvalue weighted by Crippen LogP contribution is 2.44. The van der Waals surface area contributed by atoms with Gasteiger partial charge in [0.2, 0.25) is 5.91 Å².